The van der Waals surface area contributed by atoms with Crippen molar-refractivity contribution in [3.8, 4) is 5.75 Å². The van der Waals surface area contributed by atoms with Crippen LogP contribution in [0.3, 0.4) is 0 Å². The third kappa shape index (κ3) is 3.18. The van der Waals surface area contributed by atoms with Crippen molar-refractivity contribution in [2.24, 2.45) is 5.92 Å². The molecule has 0 aliphatic carbocycles. The van der Waals surface area contributed by atoms with Crippen LogP contribution >= 0.6 is 0 Å². The molecule has 0 amide bonds. The zero-order valence-electron chi connectivity index (χ0n) is 12.1. The van der Waals surface area contributed by atoms with E-state index in [0.29, 0.717) is 23.8 Å². The van der Waals surface area contributed by atoms with Gasteiger partial charge in [-0.25, -0.2) is 4.39 Å². The predicted molar refractivity (Wildman–Crippen MR) is 76.2 cm³/mol. The number of methoxy groups -OCH3 is 1. The standard InChI is InChI=1S/C15H23FN2O/c1-10-9-18(3)11(2)7-14(10)17-12-5-6-13(16)15(8-12)19-4/h5-6,8,10-11,14,17H,7,9H2,1-4H3. The minimum absolute atomic E-state index is 0.290. The molecule has 0 radical (unpaired) electrons. The highest BCUT2D eigenvalue weighted by Gasteiger charge is 2.28. The summed E-state index contributed by atoms with van der Waals surface area (Å²) in [5.41, 5.74) is 0.923. The molecule has 2 rings (SSSR count). The Labute approximate surface area is 114 Å². The summed E-state index contributed by atoms with van der Waals surface area (Å²) in [6, 6.07) is 5.93. The molecule has 1 aromatic rings. The summed E-state index contributed by atoms with van der Waals surface area (Å²) in [5, 5.41) is 3.51. The van der Waals surface area contributed by atoms with E-state index in [1.165, 1.54) is 13.2 Å². The van der Waals surface area contributed by atoms with Crippen molar-refractivity contribution in [3.63, 3.8) is 0 Å². The predicted octanol–water partition coefficient (Wildman–Crippen LogP) is 2.97. The molecule has 1 aliphatic rings. The molecular weight excluding hydrogens is 243 g/mol. The Hall–Kier alpha value is -1.29. The van der Waals surface area contributed by atoms with E-state index >= 15 is 0 Å². The fraction of sp³-hybridized carbons (Fsp3) is 0.600. The van der Waals surface area contributed by atoms with E-state index in [-0.39, 0.29) is 5.82 Å². The highest BCUT2D eigenvalue weighted by Crippen LogP contribution is 2.27. The van der Waals surface area contributed by atoms with Crippen molar-refractivity contribution >= 4 is 5.69 Å². The zero-order chi connectivity index (χ0) is 14.0. The number of likely N-dealkylation sites (tertiary alicyclic amines) is 1. The molecule has 1 N–H and O–H groups in total. The first-order valence-electron chi connectivity index (χ1n) is 6.81. The number of halogens is 1. The van der Waals surface area contributed by atoms with E-state index < -0.39 is 0 Å². The van der Waals surface area contributed by atoms with Crippen LogP contribution in [0.2, 0.25) is 0 Å². The Kier molecular flexibility index (Phi) is 4.30. The van der Waals surface area contributed by atoms with Crippen molar-refractivity contribution in [1.82, 2.24) is 4.90 Å². The second kappa shape index (κ2) is 5.78. The molecule has 19 heavy (non-hydrogen) atoms. The van der Waals surface area contributed by atoms with E-state index in [1.54, 1.807) is 12.1 Å². The average molecular weight is 266 g/mol. The quantitative estimate of drug-likeness (QED) is 0.910. The maximum Gasteiger partial charge on any atom is 0.165 e. The topological polar surface area (TPSA) is 24.5 Å². The van der Waals surface area contributed by atoms with Crippen LogP contribution in [0.4, 0.5) is 10.1 Å². The van der Waals surface area contributed by atoms with Crippen molar-refractivity contribution in [3.05, 3.63) is 24.0 Å². The number of piperidine rings is 1. The van der Waals surface area contributed by atoms with Gasteiger partial charge in [0.25, 0.3) is 0 Å². The van der Waals surface area contributed by atoms with Gasteiger partial charge in [0.05, 0.1) is 7.11 Å². The molecule has 4 heteroatoms. The first kappa shape index (κ1) is 14.1. The van der Waals surface area contributed by atoms with Crippen molar-refractivity contribution < 1.29 is 9.13 Å². The third-order valence-electron chi connectivity index (χ3n) is 4.11. The van der Waals surface area contributed by atoms with Crippen molar-refractivity contribution in [2.75, 3.05) is 26.0 Å². The lowest BCUT2D eigenvalue weighted by Gasteiger charge is -2.40. The van der Waals surface area contributed by atoms with Gasteiger partial charge in [0.15, 0.2) is 11.6 Å². The average Bonchev–Trinajstić information content (AvgIpc) is 2.38. The molecule has 1 aliphatic heterocycles. The van der Waals surface area contributed by atoms with Gasteiger partial charge in [-0.3, -0.25) is 0 Å². The third-order valence-corrected chi connectivity index (χ3v) is 4.11. The van der Waals surface area contributed by atoms with Crippen LogP contribution in [0.5, 0.6) is 5.75 Å². The monoisotopic (exact) mass is 266 g/mol. The number of nitrogens with zero attached hydrogens (tertiary/aromatic N) is 1. The van der Waals surface area contributed by atoms with Gasteiger partial charge in [-0.1, -0.05) is 6.92 Å². The van der Waals surface area contributed by atoms with Crippen molar-refractivity contribution in [1.29, 1.82) is 0 Å². The normalized spacial score (nSPS) is 28.2. The Bertz CT molecular complexity index is 438. The number of hydrogen-bond donors (Lipinski definition) is 1. The Morgan fingerprint density at radius 1 is 1.37 bits per heavy atom. The van der Waals surface area contributed by atoms with E-state index in [4.69, 9.17) is 4.74 Å². The highest BCUT2D eigenvalue weighted by atomic mass is 19.1. The lowest BCUT2D eigenvalue weighted by molar-refractivity contribution is 0.145. The first-order valence-corrected chi connectivity index (χ1v) is 6.81. The Morgan fingerprint density at radius 3 is 2.79 bits per heavy atom. The lowest BCUT2D eigenvalue weighted by atomic mass is 9.89. The van der Waals surface area contributed by atoms with Gasteiger partial charge in [0.1, 0.15) is 0 Å². The molecule has 1 heterocycles. The highest BCUT2D eigenvalue weighted by molar-refractivity contribution is 5.49. The number of rotatable bonds is 3. The van der Waals surface area contributed by atoms with Crippen LogP contribution in [0.1, 0.15) is 20.3 Å². The number of nitrogens with one attached hydrogen (secondary N) is 1. The van der Waals surface area contributed by atoms with E-state index in [1.807, 2.05) is 0 Å². The molecule has 0 spiro atoms. The van der Waals surface area contributed by atoms with Gasteiger partial charge in [-0.05, 0) is 38.4 Å². The van der Waals surface area contributed by atoms with Gasteiger partial charge in [-0.15, -0.1) is 0 Å². The summed E-state index contributed by atoms with van der Waals surface area (Å²) < 4.78 is 18.4. The van der Waals surface area contributed by atoms with Gasteiger partial charge >= 0.3 is 0 Å². The zero-order valence-corrected chi connectivity index (χ0v) is 12.1. The second-order valence-corrected chi connectivity index (χ2v) is 5.60. The minimum Gasteiger partial charge on any atom is -0.494 e. The summed E-state index contributed by atoms with van der Waals surface area (Å²) in [6.07, 6.45) is 1.09. The van der Waals surface area contributed by atoms with Crippen LogP contribution in [0, 0.1) is 11.7 Å². The smallest absolute Gasteiger partial charge is 0.165 e. The maximum absolute atomic E-state index is 13.4. The summed E-state index contributed by atoms with van der Waals surface area (Å²) >= 11 is 0. The number of ether oxygens (including phenoxy) is 1. The Balaban J connectivity index is 2.08. The fourth-order valence-corrected chi connectivity index (χ4v) is 2.71. The molecule has 3 atom stereocenters. The largest absolute Gasteiger partial charge is 0.494 e. The van der Waals surface area contributed by atoms with Gasteiger partial charge in [0, 0.05) is 30.4 Å². The summed E-state index contributed by atoms with van der Waals surface area (Å²) in [4.78, 5) is 2.38. The van der Waals surface area contributed by atoms with E-state index in [0.717, 1.165) is 18.7 Å². The van der Waals surface area contributed by atoms with Crippen LogP contribution in [-0.4, -0.2) is 37.7 Å². The van der Waals surface area contributed by atoms with Crippen LogP contribution in [-0.2, 0) is 0 Å². The molecule has 3 nitrogen and oxygen atoms in total. The summed E-state index contributed by atoms with van der Waals surface area (Å²) in [5.74, 6) is 0.536. The SMILES string of the molecule is COc1cc(NC2CC(C)N(C)CC2C)ccc1F. The fourth-order valence-electron chi connectivity index (χ4n) is 2.71. The minimum atomic E-state index is -0.321. The molecule has 0 saturated carbocycles. The molecule has 1 fully saturated rings. The summed E-state index contributed by atoms with van der Waals surface area (Å²) in [6.45, 7) is 5.57. The van der Waals surface area contributed by atoms with Gasteiger partial charge in [-0.2, -0.15) is 0 Å². The first-order chi connectivity index (χ1) is 9.01. The summed E-state index contributed by atoms with van der Waals surface area (Å²) in [7, 11) is 3.65. The van der Waals surface area contributed by atoms with Crippen LogP contribution in [0.15, 0.2) is 18.2 Å². The Morgan fingerprint density at radius 2 is 2.11 bits per heavy atom. The van der Waals surface area contributed by atoms with Crippen molar-refractivity contribution in [2.45, 2.75) is 32.4 Å². The molecule has 1 saturated heterocycles. The maximum atomic E-state index is 13.4. The van der Waals surface area contributed by atoms with Crippen LogP contribution in [0.25, 0.3) is 0 Å². The number of hydrogen-bond acceptors (Lipinski definition) is 3. The van der Waals surface area contributed by atoms with Gasteiger partial charge < -0.3 is 15.0 Å². The number of anilines is 1. The lowest BCUT2D eigenvalue weighted by Crippen LogP contribution is -2.48. The molecule has 106 valence electrons. The van der Waals surface area contributed by atoms with Crippen LogP contribution < -0.4 is 10.1 Å². The molecular formula is C15H23FN2O. The van der Waals surface area contributed by atoms with E-state index in [2.05, 4.69) is 31.1 Å². The van der Waals surface area contributed by atoms with Gasteiger partial charge in [0.2, 0.25) is 0 Å². The van der Waals surface area contributed by atoms with E-state index in [9.17, 15) is 4.39 Å². The second-order valence-electron chi connectivity index (χ2n) is 5.60. The molecule has 0 bridgehead atoms. The molecule has 3 unspecified atom stereocenters. The number of benzene rings is 1. The molecule has 0 aromatic heterocycles. The molecule has 1 aromatic carbocycles.